The molecule has 7 heteroatoms. The molecular weight excluding hydrogens is 324 g/mol. The van der Waals surface area contributed by atoms with Crippen LogP contribution >= 0.6 is 11.8 Å². The fourth-order valence-corrected chi connectivity index (χ4v) is 3.81. The summed E-state index contributed by atoms with van der Waals surface area (Å²) in [7, 11) is 0. The number of nitrogens with zero attached hydrogens (tertiary/aromatic N) is 4. The van der Waals surface area contributed by atoms with E-state index in [1.807, 2.05) is 11.8 Å². The van der Waals surface area contributed by atoms with Crippen molar-refractivity contribution in [1.29, 1.82) is 0 Å². The van der Waals surface area contributed by atoms with Crippen LogP contribution in [0.4, 0.5) is 4.79 Å². The van der Waals surface area contributed by atoms with Crippen LogP contribution in [0.3, 0.4) is 0 Å². The molecule has 0 radical (unpaired) electrons. The molecule has 1 heterocycles. The van der Waals surface area contributed by atoms with Gasteiger partial charge in [0.15, 0.2) is 0 Å². The maximum atomic E-state index is 12.2. The number of carbonyl (C=O) groups excluding carboxylic acids is 1. The molecule has 1 fully saturated rings. The van der Waals surface area contributed by atoms with Gasteiger partial charge >= 0.3 is 6.09 Å². The minimum absolute atomic E-state index is 0.134. The third-order valence-corrected chi connectivity index (χ3v) is 5.20. The molecule has 0 N–H and O–H groups in total. The summed E-state index contributed by atoms with van der Waals surface area (Å²) in [5.41, 5.74) is 8.87. The highest BCUT2D eigenvalue weighted by atomic mass is 32.2. The molecule has 1 saturated heterocycles. The van der Waals surface area contributed by atoms with Gasteiger partial charge in [0.1, 0.15) is 5.60 Å². The van der Waals surface area contributed by atoms with Crippen LogP contribution in [0.5, 0.6) is 0 Å². The molecule has 6 nitrogen and oxygen atoms in total. The van der Waals surface area contributed by atoms with Crippen molar-refractivity contribution in [3.8, 4) is 0 Å². The van der Waals surface area contributed by atoms with E-state index in [4.69, 9.17) is 10.3 Å². The van der Waals surface area contributed by atoms with E-state index in [-0.39, 0.29) is 12.6 Å². The van der Waals surface area contributed by atoms with Crippen LogP contribution in [0.1, 0.15) is 32.3 Å². The Kier molecular flexibility index (Phi) is 6.40. The number of benzene rings is 1. The summed E-state index contributed by atoms with van der Waals surface area (Å²) in [4.78, 5) is 18.0. The average molecular weight is 348 g/mol. The smallest absolute Gasteiger partial charge is 0.410 e. The second-order valence-electron chi connectivity index (χ2n) is 6.64. The molecule has 0 aromatic heterocycles. The van der Waals surface area contributed by atoms with E-state index in [0.717, 1.165) is 12.8 Å². The second kappa shape index (κ2) is 8.31. The van der Waals surface area contributed by atoms with Crippen molar-refractivity contribution in [3.63, 3.8) is 0 Å². The van der Waals surface area contributed by atoms with Crippen molar-refractivity contribution < 1.29 is 9.53 Å². The molecule has 1 amide bonds. The molecule has 1 aliphatic rings. The fraction of sp³-hybridized carbons (Fsp3) is 0.588. The van der Waals surface area contributed by atoms with Crippen LogP contribution in [0.2, 0.25) is 0 Å². The van der Waals surface area contributed by atoms with E-state index in [9.17, 15) is 4.79 Å². The predicted octanol–water partition coefficient (Wildman–Crippen LogP) is 4.78. The third-order valence-electron chi connectivity index (χ3n) is 3.87. The lowest BCUT2D eigenvalue weighted by molar-refractivity contribution is 0.0162. The van der Waals surface area contributed by atoms with E-state index >= 15 is 0 Å². The van der Waals surface area contributed by atoms with Crippen molar-refractivity contribution in [3.05, 3.63) is 40.3 Å². The summed E-state index contributed by atoms with van der Waals surface area (Å²) >= 11 is 1.88. The van der Waals surface area contributed by atoms with Gasteiger partial charge in [-0.1, -0.05) is 22.8 Å². The summed E-state index contributed by atoms with van der Waals surface area (Å²) < 4.78 is 5.46. The molecule has 24 heavy (non-hydrogen) atoms. The number of aryl methyl sites for hydroxylation is 1. The van der Waals surface area contributed by atoms with Gasteiger partial charge in [0.25, 0.3) is 0 Å². The molecular formula is C17H24N4O2S. The molecule has 0 spiro atoms. The zero-order chi connectivity index (χ0) is 17.6. The Morgan fingerprint density at radius 1 is 1.46 bits per heavy atom. The Hall–Kier alpha value is -1.85. The largest absolute Gasteiger partial charge is 0.443 e. The third kappa shape index (κ3) is 5.65. The standard InChI is InChI=1S/C17H24N4O2S/c1-13-5-4-6-15(11-13)24-14-7-9-21(10-8-14)16(22)23-17(2,3)12-19-20-18/h4-6,11,14H,7-10,12H2,1-3H3. The minimum Gasteiger partial charge on any atom is -0.443 e. The molecule has 130 valence electrons. The van der Waals surface area contributed by atoms with Gasteiger partial charge in [-0.15, -0.1) is 11.8 Å². The van der Waals surface area contributed by atoms with Crippen molar-refractivity contribution in [2.45, 2.75) is 49.4 Å². The van der Waals surface area contributed by atoms with Gasteiger partial charge in [0.2, 0.25) is 0 Å². The van der Waals surface area contributed by atoms with Gasteiger partial charge in [-0.3, -0.25) is 0 Å². The number of thioether (sulfide) groups is 1. The summed E-state index contributed by atoms with van der Waals surface area (Å²) in [6.07, 6.45) is 1.57. The number of rotatable bonds is 5. The molecule has 1 aliphatic heterocycles. The SMILES string of the molecule is Cc1cccc(SC2CCN(C(=O)OC(C)(C)CN=[N+]=[N-])CC2)c1. The highest BCUT2D eigenvalue weighted by molar-refractivity contribution is 8.00. The molecule has 0 saturated carbocycles. The summed E-state index contributed by atoms with van der Waals surface area (Å²) in [5, 5.41) is 4.01. The van der Waals surface area contributed by atoms with Gasteiger partial charge in [-0.25, -0.2) is 4.79 Å². The first-order valence-electron chi connectivity index (χ1n) is 8.12. The van der Waals surface area contributed by atoms with Crippen LogP contribution in [0.15, 0.2) is 34.3 Å². The molecule has 1 aromatic rings. The summed E-state index contributed by atoms with van der Waals surface area (Å²) in [6, 6.07) is 8.51. The maximum Gasteiger partial charge on any atom is 0.410 e. The Labute approximate surface area is 147 Å². The number of hydrogen-bond acceptors (Lipinski definition) is 4. The second-order valence-corrected chi connectivity index (χ2v) is 8.01. The first-order chi connectivity index (χ1) is 11.4. The number of likely N-dealkylation sites (tertiary alicyclic amines) is 1. The molecule has 0 atom stereocenters. The topological polar surface area (TPSA) is 78.3 Å². The van der Waals surface area contributed by atoms with E-state index in [1.54, 1.807) is 18.7 Å². The summed E-state index contributed by atoms with van der Waals surface area (Å²) in [5.74, 6) is 0. The normalized spacial score (nSPS) is 15.7. The van der Waals surface area contributed by atoms with Crippen molar-refractivity contribution >= 4 is 17.9 Å². The number of ether oxygens (including phenoxy) is 1. The Morgan fingerprint density at radius 2 is 2.17 bits per heavy atom. The number of amides is 1. The van der Waals surface area contributed by atoms with Crippen LogP contribution in [0.25, 0.3) is 10.4 Å². The number of azide groups is 1. The number of carbonyl (C=O) groups is 1. The van der Waals surface area contributed by atoms with Crippen molar-refractivity contribution in [2.75, 3.05) is 19.6 Å². The van der Waals surface area contributed by atoms with Crippen molar-refractivity contribution in [1.82, 2.24) is 4.90 Å². The van der Waals surface area contributed by atoms with E-state index in [0.29, 0.717) is 18.3 Å². The van der Waals surface area contributed by atoms with Crippen molar-refractivity contribution in [2.24, 2.45) is 5.11 Å². The molecule has 2 rings (SSSR count). The minimum atomic E-state index is -0.781. The zero-order valence-corrected chi connectivity index (χ0v) is 15.3. The first kappa shape index (κ1) is 18.5. The van der Waals surface area contributed by atoms with Gasteiger partial charge in [-0.05, 0) is 51.3 Å². The highest BCUT2D eigenvalue weighted by Gasteiger charge is 2.29. The van der Waals surface area contributed by atoms with Crippen LogP contribution in [-0.4, -0.2) is 41.5 Å². The van der Waals surface area contributed by atoms with Gasteiger partial charge < -0.3 is 9.64 Å². The lowest BCUT2D eigenvalue weighted by Crippen LogP contribution is -2.43. The van der Waals surface area contributed by atoms with Gasteiger partial charge in [0.05, 0.1) is 6.54 Å². The van der Waals surface area contributed by atoms with Crippen LogP contribution in [-0.2, 0) is 4.74 Å². The highest BCUT2D eigenvalue weighted by Crippen LogP contribution is 2.31. The lowest BCUT2D eigenvalue weighted by atomic mass is 10.1. The Morgan fingerprint density at radius 3 is 2.79 bits per heavy atom. The van der Waals surface area contributed by atoms with Gasteiger partial charge in [0, 0.05) is 28.1 Å². The average Bonchev–Trinajstić information content (AvgIpc) is 2.53. The van der Waals surface area contributed by atoms with Crippen LogP contribution in [0, 0.1) is 6.92 Å². The molecule has 1 aromatic carbocycles. The number of piperidine rings is 1. The molecule has 0 bridgehead atoms. The quantitative estimate of drug-likeness (QED) is 0.436. The van der Waals surface area contributed by atoms with E-state index in [2.05, 4.69) is 41.2 Å². The monoisotopic (exact) mass is 348 g/mol. The fourth-order valence-electron chi connectivity index (χ4n) is 2.57. The summed E-state index contributed by atoms with van der Waals surface area (Å²) in [6.45, 7) is 7.12. The Bertz CT molecular complexity index is 621. The maximum absolute atomic E-state index is 12.2. The first-order valence-corrected chi connectivity index (χ1v) is 9.00. The van der Waals surface area contributed by atoms with E-state index in [1.165, 1.54) is 10.5 Å². The molecule has 0 unspecified atom stereocenters. The van der Waals surface area contributed by atoms with E-state index < -0.39 is 5.60 Å². The zero-order valence-electron chi connectivity index (χ0n) is 14.4. The van der Waals surface area contributed by atoms with Gasteiger partial charge in [-0.2, -0.15) is 0 Å². The molecule has 0 aliphatic carbocycles. The lowest BCUT2D eigenvalue weighted by Gasteiger charge is -2.33. The Balaban J connectivity index is 1.81. The number of hydrogen-bond donors (Lipinski definition) is 0. The van der Waals surface area contributed by atoms with Crippen LogP contribution < -0.4 is 0 Å². The predicted molar refractivity (Wildman–Crippen MR) is 96.2 cm³/mol.